The normalized spacial score (nSPS) is 10.4. The number of halogens is 4. The first-order chi connectivity index (χ1) is 7.10. The number of pyridine rings is 1. The van der Waals surface area contributed by atoms with Crippen molar-refractivity contribution in [3.63, 3.8) is 0 Å². The molecule has 0 aliphatic heterocycles. The number of nitrogens with zero attached hydrogens (tertiary/aromatic N) is 2. The molecule has 1 aromatic rings. The molecule has 0 unspecified atom stereocenters. The van der Waals surface area contributed by atoms with E-state index in [2.05, 4.69) is 20.9 Å². The zero-order valence-corrected chi connectivity index (χ0v) is 9.82. The molecule has 6 heteroatoms. The maximum absolute atomic E-state index is 12.6. The Morgan fingerprint density at radius 2 is 2.27 bits per heavy atom. The summed E-state index contributed by atoms with van der Waals surface area (Å²) in [6.45, 7) is 0. The van der Waals surface area contributed by atoms with Gasteiger partial charge < -0.3 is 0 Å². The van der Waals surface area contributed by atoms with Gasteiger partial charge in [0, 0.05) is 16.5 Å². The Morgan fingerprint density at radius 3 is 2.73 bits per heavy atom. The lowest BCUT2D eigenvalue weighted by Crippen LogP contribution is -2.00. The predicted octanol–water partition coefficient (Wildman–Crippen LogP) is 3.63. The van der Waals surface area contributed by atoms with Crippen molar-refractivity contribution in [3.8, 4) is 6.07 Å². The van der Waals surface area contributed by atoms with Crippen LogP contribution in [0.3, 0.4) is 0 Å². The summed E-state index contributed by atoms with van der Waals surface area (Å²) in [5.74, 6) is 0. The minimum Gasteiger partial charge on any atom is -0.240 e. The van der Waals surface area contributed by atoms with Crippen molar-refractivity contribution in [2.45, 2.75) is 18.2 Å². The molecule has 1 heterocycles. The third-order valence-electron chi connectivity index (χ3n) is 1.79. The number of nitriles is 1. The third-order valence-corrected chi connectivity index (χ3v) is 2.68. The third kappa shape index (κ3) is 2.86. The van der Waals surface area contributed by atoms with E-state index in [1.54, 1.807) is 6.07 Å². The average Bonchev–Trinajstić information content (AvgIpc) is 2.20. The topological polar surface area (TPSA) is 36.7 Å². The molecule has 1 rings (SSSR count). The van der Waals surface area contributed by atoms with E-state index in [4.69, 9.17) is 16.9 Å². The summed E-state index contributed by atoms with van der Waals surface area (Å²) in [6, 6.07) is 3.05. The van der Waals surface area contributed by atoms with Gasteiger partial charge in [-0.2, -0.15) is 5.26 Å². The molecule has 2 nitrogen and oxygen atoms in total. The first-order valence-electron chi connectivity index (χ1n) is 3.99. The molecule has 80 valence electrons. The van der Waals surface area contributed by atoms with Crippen molar-refractivity contribution in [2.24, 2.45) is 0 Å². The van der Waals surface area contributed by atoms with Crippen molar-refractivity contribution >= 4 is 27.5 Å². The molecule has 0 atom stereocenters. The van der Waals surface area contributed by atoms with Crippen LogP contribution in [0, 0.1) is 11.3 Å². The van der Waals surface area contributed by atoms with E-state index in [-0.39, 0.29) is 22.7 Å². The number of rotatable bonds is 3. The van der Waals surface area contributed by atoms with Gasteiger partial charge >= 0.3 is 0 Å². The van der Waals surface area contributed by atoms with Crippen LogP contribution in [0.1, 0.15) is 23.2 Å². The number of aromatic nitrogens is 1. The van der Waals surface area contributed by atoms with Crippen LogP contribution in [-0.4, -0.2) is 4.98 Å². The standard InChI is InChI=1S/C9H6BrClF2N2/c10-4-5-3-7(9(12)13)6(1-2-14)8(11)15-5/h3,9H,1,4H2. The molecular formula is C9H6BrClF2N2. The lowest BCUT2D eigenvalue weighted by Gasteiger charge is -2.09. The highest BCUT2D eigenvalue weighted by Crippen LogP contribution is 2.29. The first kappa shape index (κ1) is 12.3. The van der Waals surface area contributed by atoms with Gasteiger partial charge in [-0.1, -0.05) is 27.5 Å². The molecule has 0 aliphatic carbocycles. The molecule has 1 aromatic heterocycles. The fraction of sp³-hybridized carbons (Fsp3) is 0.333. The fourth-order valence-corrected chi connectivity index (χ4v) is 1.70. The van der Waals surface area contributed by atoms with Crippen LogP contribution in [0.4, 0.5) is 8.78 Å². The predicted molar refractivity (Wildman–Crippen MR) is 56.2 cm³/mol. The SMILES string of the molecule is N#CCc1c(C(F)F)cc(CBr)nc1Cl. The molecule has 0 amide bonds. The number of alkyl halides is 3. The fourth-order valence-electron chi connectivity index (χ4n) is 1.13. The molecule has 15 heavy (non-hydrogen) atoms. The molecule has 0 aromatic carbocycles. The van der Waals surface area contributed by atoms with Gasteiger partial charge in [-0.25, -0.2) is 13.8 Å². The molecule has 0 saturated heterocycles. The van der Waals surface area contributed by atoms with Gasteiger partial charge in [-0.05, 0) is 6.07 Å². The van der Waals surface area contributed by atoms with Crippen molar-refractivity contribution in [2.75, 3.05) is 0 Å². The minimum atomic E-state index is -2.65. The van der Waals surface area contributed by atoms with Gasteiger partial charge in [0.1, 0.15) is 5.15 Å². The van der Waals surface area contributed by atoms with Crippen LogP contribution in [-0.2, 0) is 11.8 Å². The zero-order chi connectivity index (χ0) is 11.4. The summed E-state index contributed by atoms with van der Waals surface area (Å²) >= 11 is 8.83. The molecule has 0 radical (unpaired) electrons. The molecule has 0 bridgehead atoms. The minimum absolute atomic E-state index is 0.0243. The van der Waals surface area contributed by atoms with Crippen LogP contribution in [0.2, 0.25) is 5.15 Å². The Balaban J connectivity index is 3.30. The van der Waals surface area contributed by atoms with E-state index in [0.29, 0.717) is 11.0 Å². The second kappa shape index (κ2) is 5.38. The second-order valence-corrected chi connectivity index (χ2v) is 3.66. The molecule has 0 aliphatic rings. The number of hydrogen-bond donors (Lipinski definition) is 0. The summed E-state index contributed by atoms with van der Waals surface area (Å²) in [6.07, 6.45) is -2.81. The van der Waals surface area contributed by atoms with Gasteiger partial charge in [0.05, 0.1) is 18.2 Å². The Labute approximate surface area is 99.0 Å². The van der Waals surface area contributed by atoms with Gasteiger partial charge in [-0.3, -0.25) is 0 Å². The van der Waals surface area contributed by atoms with Crippen molar-refractivity contribution in [1.82, 2.24) is 4.98 Å². The largest absolute Gasteiger partial charge is 0.264 e. The van der Waals surface area contributed by atoms with Crippen molar-refractivity contribution < 1.29 is 8.78 Å². The molecule has 0 saturated carbocycles. The zero-order valence-electron chi connectivity index (χ0n) is 7.48. The van der Waals surface area contributed by atoms with E-state index < -0.39 is 6.43 Å². The summed E-state index contributed by atoms with van der Waals surface area (Å²) in [5, 5.41) is 8.81. The van der Waals surface area contributed by atoms with Crippen molar-refractivity contribution in [3.05, 3.63) is 28.0 Å². The van der Waals surface area contributed by atoms with Gasteiger partial charge in [0.15, 0.2) is 0 Å². The highest BCUT2D eigenvalue weighted by Gasteiger charge is 2.17. The van der Waals surface area contributed by atoms with E-state index >= 15 is 0 Å². The highest BCUT2D eigenvalue weighted by molar-refractivity contribution is 9.08. The van der Waals surface area contributed by atoms with Gasteiger partial charge in [0.25, 0.3) is 6.43 Å². The van der Waals surface area contributed by atoms with Gasteiger partial charge in [-0.15, -0.1) is 0 Å². The van der Waals surface area contributed by atoms with Crippen LogP contribution in [0.25, 0.3) is 0 Å². The Bertz CT molecular complexity index is 404. The summed E-state index contributed by atoms with van der Waals surface area (Å²) in [7, 11) is 0. The van der Waals surface area contributed by atoms with Crippen LogP contribution >= 0.6 is 27.5 Å². The maximum Gasteiger partial charge on any atom is 0.264 e. The maximum atomic E-state index is 12.6. The van der Waals surface area contributed by atoms with Gasteiger partial charge in [0.2, 0.25) is 0 Å². The van der Waals surface area contributed by atoms with E-state index in [1.807, 2.05) is 0 Å². The lowest BCUT2D eigenvalue weighted by molar-refractivity contribution is 0.150. The second-order valence-electron chi connectivity index (χ2n) is 2.74. The van der Waals surface area contributed by atoms with E-state index in [1.165, 1.54) is 6.07 Å². The molecule has 0 spiro atoms. The molecular weight excluding hydrogens is 289 g/mol. The van der Waals surface area contributed by atoms with Crippen LogP contribution in [0.5, 0.6) is 0 Å². The molecule has 0 N–H and O–H groups in total. The lowest BCUT2D eigenvalue weighted by atomic mass is 10.1. The summed E-state index contributed by atoms with van der Waals surface area (Å²) in [4.78, 5) is 3.89. The summed E-state index contributed by atoms with van der Waals surface area (Å²) in [5.41, 5.74) is 0.321. The van der Waals surface area contributed by atoms with Crippen LogP contribution in [0.15, 0.2) is 6.07 Å². The summed E-state index contributed by atoms with van der Waals surface area (Å²) < 4.78 is 25.3. The van der Waals surface area contributed by atoms with Crippen molar-refractivity contribution in [1.29, 1.82) is 5.26 Å². The Hall–Kier alpha value is -0.730. The first-order valence-corrected chi connectivity index (χ1v) is 5.49. The van der Waals surface area contributed by atoms with E-state index in [0.717, 1.165) is 0 Å². The molecule has 0 fully saturated rings. The highest BCUT2D eigenvalue weighted by atomic mass is 79.9. The Morgan fingerprint density at radius 1 is 1.60 bits per heavy atom. The Kier molecular flexibility index (Phi) is 4.43. The number of hydrogen-bond acceptors (Lipinski definition) is 2. The monoisotopic (exact) mass is 294 g/mol. The quantitative estimate of drug-likeness (QED) is 0.630. The van der Waals surface area contributed by atoms with E-state index in [9.17, 15) is 8.78 Å². The average molecular weight is 296 g/mol. The smallest absolute Gasteiger partial charge is 0.240 e. The van der Waals surface area contributed by atoms with Crippen LogP contribution < -0.4 is 0 Å².